The lowest BCUT2D eigenvalue weighted by atomic mass is 10.0. The highest BCUT2D eigenvalue weighted by atomic mass is 79.9. The Morgan fingerprint density at radius 1 is 1.53 bits per heavy atom. The van der Waals surface area contributed by atoms with Crippen LogP contribution in [0.25, 0.3) is 0 Å². The Labute approximate surface area is 99.6 Å². The number of benzene rings is 1. The number of halogens is 1. The van der Waals surface area contributed by atoms with Crippen molar-refractivity contribution in [3.63, 3.8) is 0 Å². The van der Waals surface area contributed by atoms with Gasteiger partial charge in [0, 0.05) is 24.1 Å². The summed E-state index contributed by atoms with van der Waals surface area (Å²) in [4.78, 5) is 2.30. The Bertz CT molecular complexity index is 374. The molecule has 1 unspecified atom stereocenters. The van der Waals surface area contributed by atoms with Crippen LogP contribution in [-0.2, 0) is 12.8 Å². The first-order chi connectivity index (χ1) is 7.08. The molecule has 0 amide bonds. The van der Waals surface area contributed by atoms with Crippen LogP contribution in [0.1, 0.15) is 18.1 Å². The van der Waals surface area contributed by atoms with Crippen molar-refractivity contribution in [2.75, 3.05) is 18.5 Å². The second-order valence-electron chi connectivity index (χ2n) is 4.44. The van der Waals surface area contributed by atoms with Crippen molar-refractivity contribution in [3.05, 3.63) is 27.7 Å². The summed E-state index contributed by atoms with van der Waals surface area (Å²) in [6.07, 6.45) is 2.10. The molecular weight excluding hydrogens is 252 g/mol. The van der Waals surface area contributed by atoms with Crippen LogP contribution in [-0.4, -0.2) is 19.6 Å². The van der Waals surface area contributed by atoms with E-state index in [1.807, 2.05) is 6.92 Å². The number of rotatable bonds is 2. The third-order valence-corrected chi connectivity index (χ3v) is 3.46. The second-order valence-corrected chi connectivity index (χ2v) is 5.29. The van der Waals surface area contributed by atoms with Crippen molar-refractivity contribution in [1.82, 2.24) is 0 Å². The molecule has 0 aromatic heterocycles. The monoisotopic (exact) mass is 268 g/mol. The molecule has 1 aliphatic rings. The molecule has 0 aliphatic carbocycles. The molecule has 2 nitrogen and oxygen atoms in total. The minimum absolute atomic E-state index is 0.231. The number of hydrogen-bond donors (Lipinski definition) is 1. The van der Waals surface area contributed by atoms with Crippen LogP contribution in [0.3, 0.4) is 0 Å². The van der Waals surface area contributed by atoms with Gasteiger partial charge in [-0.15, -0.1) is 0 Å². The molecule has 2 N–H and O–H groups in total. The number of nitrogens with zero attached hydrogens (tertiary/aromatic N) is 1. The van der Waals surface area contributed by atoms with Crippen LogP contribution < -0.4 is 10.6 Å². The van der Waals surface area contributed by atoms with Crippen molar-refractivity contribution in [1.29, 1.82) is 0 Å². The van der Waals surface area contributed by atoms with Gasteiger partial charge in [0.25, 0.3) is 0 Å². The Balaban J connectivity index is 2.36. The van der Waals surface area contributed by atoms with Gasteiger partial charge in [-0.1, -0.05) is 6.07 Å². The fourth-order valence-corrected chi connectivity index (χ4v) is 3.08. The molecule has 1 aromatic carbocycles. The predicted octanol–water partition coefficient (Wildman–Crippen LogP) is 2.33. The van der Waals surface area contributed by atoms with Crippen LogP contribution in [0.5, 0.6) is 0 Å². The first kappa shape index (κ1) is 11.0. The van der Waals surface area contributed by atoms with Gasteiger partial charge in [-0.25, -0.2) is 0 Å². The lowest BCUT2D eigenvalue weighted by Crippen LogP contribution is -2.18. The fraction of sp³-hybridized carbons (Fsp3) is 0.500. The smallest absolute Gasteiger partial charge is 0.0541 e. The van der Waals surface area contributed by atoms with Gasteiger partial charge in [-0.3, -0.25) is 0 Å². The molecule has 82 valence electrons. The molecule has 15 heavy (non-hydrogen) atoms. The van der Waals surface area contributed by atoms with Crippen LogP contribution in [0.4, 0.5) is 5.69 Å². The third kappa shape index (κ3) is 2.18. The number of fused-ring (bicyclic) bond motifs is 1. The predicted molar refractivity (Wildman–Crippen MR) is 68.5 cm³/mol. The molecule has 3 heteroatoms. The van der Waals surface area contributed by atoms with E-state index in [1.54, 1.807) is 0 Å². The molecule has 1 heterocycles. The van der Waals surface area contributed by atoms with Gasteiger partial charge in [-0.2, -0.15) is 0 Å². The number of hydrogen-bond acceptors (Lipinski definition) is 2. The van der Waals surface area contributed by atoms with E-state index in [9.17, 15) is 0 Å². The molecule has 0 saturated carbocycles. The van der Waals surface area contributed by atoms with Crippen molar-refractivity contribution >= 4 is 21.6 Å². The van der Waals surface area contributed by atoms with Gasteiger partial charge in [0.05, 0.1) is 5.69 Å². The van der Waals surface area contributed by atoms with Crippen LogP contribution in [0, 0.1) is 0 Å². The maximum absolute atomic E-state index is 5.82. The van der Waals surface area contributed by atoms with Crippen molar-refractivity contribution in [2.45, 2.75) is 25.8 Å². The van der Waals surface area contributed by atoms with Gasteiger partial charge >= 0.3 is 0 Å². The highest BCUT2D eigenvalue weighted by Gasteiger charge is 2.19. The van der Waals surface area contributed by atoms with E-state index in [-0.39, 0.29) is 6.04 Å². The molecule has 0 spiro atoms. The fourth-order valence-electron chi connectivity index (χ4n) is 2.23. The van der Waals surface area contributed by atoms with E-state index in [0.717, 1.165) is 19.4 Å². The molecule has 0 saturated heterocycles. The van der Waals surface area contributed by atoms with Crippen LogP contribution in [0.2, 0.25) is 0 Å². The van der Waals surface area contributed by atoms with Crippen LogP contribution in [0.15, 0.2) is 16.6 Å². The molecule has 0 fully saturated rings. The highest BCUT2D eigenvalue weighted by Crippen LogP contribution is 2.35. The van der Waals surface area contributed by atoms with E-state index in [1.165, 1.54) is 21.3 Å². The van der Waals surface area contributed by atoms with E-state index in [2.05, 4.69) is 40.0 Å². The Kier molecular flexibility index (Phi) is 3.03. The minimum atomic E-state index is 0.231. The average molecular weight is 269 g/mol. The Morgan fingerprint density at radius 3 is 2.93 bits per heavy atom. The summed E-state index contributed by atoms with van der Waals surface area (Å²) < 4.78 is 1.20. The average Bonchev–Trinajstić information content (AvgIpc) is 2.46. The maximum atomic E-state index is 5.82. The standard InChI is InChI=1S/C12H17BrN2/c1-8(14)5-9-6-10-3-4-15(2)12(10)11(13)7-9/h6-8H,3-5,14H2,1-2H3. The van der Waals surface area contributed by atoms with Gasteiger partial charge in [0.1, 0.15) is 0 Å². The zero-order chi connectivity index (χ0) is 11.0. The van der Waals surface area contributed by atoms with Gasteiger partial charge < -0.3 is 10.6 Å². The second kappa shape index (κ2) is 4.14. The molecule has 1 aliphatic heterocycles. The quantitative estimate of drug-likeness (QED) is 0.892. The summed E-state index contributed by atoms with van der Waals surface area (Å²) in [6.45, 7) is 3.17. The highest BCUT2D eigenvalue weighted by molar-refractivity contribution is 9.10. The first-order valence-electron chi connectivity index (χ1n) is 5.36. The Hall–Kier alpha value is -0.540. The summed E-state index contributed by atoms with van der Waals surface area (Å²) in [7, 11) is 2.14. The minimum Gasteiger partial charge on any atom is -0.373 e. The molecular formula is C12H17BrN2. The molecule has 0 bridgehead atoms. The van der Waals surface area contributed by atoms with Crippen LogP contribution >= 0.6 is 15.9 Å². The summed E-state index contributed by atoms with van der Waals surface area (Å²) in [5.41, 5.74) is 9.96. The maximum Gasteiger partial charge on any atom is 0.0541 e. The zero-order valence-electron chi connectivity index (χ0n) is 9.26. The van der Waals surface area contributed by atoms with Gasteiger partial charge in [-0.05, 0) is 52.9 Å². The van der Waals surface area contributed by atoms with E-state index < -0.39 is 0 Å². The number of likely N-dealkylation sites (N-methyl/N-ethyl adjacent to an activating group) is 1. The lowest BCUT2D eigenvalue weighted by molar-refractivity contribution is 0.737. The normalized spacial score (nSPS) is 16.7. The summed E-state index contributed by atoms with van der Waals surface area (Å²) in [6, 6.07) is 4.73. The lowest BCUT2D eigenvalue weighted by Gasteiger charge is -2.15. The Morgan fingerprint density at radius 2 is 2.27 bits per heavy atom. The molecule has 0 radical (unpaired) electrons. The van der Waals surface area contributed by atoms with E-state index in [0.29, 0.717) is 0 Å². The van der Waals surface area contributed by atoms with Gasteiger partial charge in [0.15, 0.2) is 0 Å². The summed E-state index contributed by atoms with van der Waals surface area (Å²) >= 11 is 3.65. The number of anilines is 1. The largest absolute Gasteiger partial charge is 0.373 e. The van der Waals surface area contributed by atoms with Crippen molar-refractivity contribution in [2.24, 2.45) is 5.73 Å². The molecule has 1 aromatic rings. The van der Waals surface area contributed by atoms with E-state index in [4.69, 9.17) is 5.73 Å². The van der Waals surface area contributed by atoms with Crippen molar-refractivity contribution < 1.29 is 0 Å². The van der Waals surface area contributed by atoms with Crippen molar-refractivity contribution in [3.8, 4) is 0 Å². The van der Waals surface area contributed by atoms with Gasteiger partial charge in [0.2, 0.25) is 0 Å². The SMILES string of the molecule is CC(N)Cc1cc(Br)c2c(c1)CCN2C. The van der Waals surface area contributed by atoms with E-state index >= 15 is 0 Å². The molecule has 2 rings (SSSR count). The molecule has 1 atom stereocenters. The zero-order valence-corrected chi connectivity index (χ0v) is 10.8. The summed E-state index contributed by atoms with van der Waals surface area (Å²) in [5, 5.41) is 0. The first-order valence-corrected chi connectivity index (χ1v) is 6.15. The third-order valence-electron chi connectivity index (χ3n) is 2.86. The summed E-state index contributed by atoms with van der Waals surface area (Å²) in [5.74, 6) is 0. The number of nitrogens with two attached hydrogens (primary N) is 1. The topological polar surface area (TPSA) is 29.3 Å².